The summed E-state index contributed by atoms with van der Waals surface area (Å²) < 4.78 is 28.5. The van der Waals surface area contributed by atoms with E-state index in [0.29, 0.717) is 10.6 Å². The second-order valence-electron chi connectivity index (χ2n) is 4.57. The average Bonchev–Trinajstić information content (AvgIpc) is 2.95. The third-order valence-corrected chi connectivity index (χ3v) is 4.95. The molecule has 108 valence electrons. The lowest BCUT2D eigenvalue weighted by atomic mass is 10.2. The number of rotatable bonds is 5. The van der Waals surface area contributed by atoms with Crippen LogP contribution in [0.15, 0.2) is 28.7 Å². The van der Waals surface area contributed by atoms with Crippen molar-refractivity contribution in [1.29, 1.82) is 0 Å². The molecule has 0 saturated heterocycles. The van der Waals surface area contributed by atoms with Gasteiger partial charge in [-0.25, -0.2) is 8.42 Å². The molecule has 0 aliphatic rings. The highest BCUT2D eigenvalue weighted by Crippen LogP contribution is 2.26. The van der Waals surface area contributed by atoms with E-state index in [-0.39, 0.29) is 16.7 Å². The van der Waals surface area contributed by atoms with Gasteiger partial charge >= 0.3 is 0 Å². The number of aromatic nitrogens is 2. The number of thiophene rings is 1. The van der Waals surface area contributed by atoms with Gasteiger partial charge in [-0.3, -0.25) is 14.2 Å². The van der Waals surface area contributed by atoms with E-state index in [1.54, 1.807) is 16.1 Å². The van der Waals surface area contributed by atoms with E-state index >= 15 is 0 Å². The van der Waals surface area contributed by atoms with Crippen LogP contribution in [0.4, 0.5) is 5.00 Å². The van der Waals surface area contributed by atoms with Crippen molar-refractivity contribution in [2.75, 3.05) is 4.72 Å². The predicted molar refractivity (Wildman–Crippen MR) is 77.7 cm³/mol. The lowest BCUT2D eigenvalue weighted by molar-refractivity contribution is 0.101. The molecule has 6 nitrogen and oxygen atoms in total. The maximum absolute atomic E-state index is 12.2. The minimum absolute atomic E-state index is 0.0773. The molecular formula is C12H15N3O3S2. The fraction of sp³-hybridized carbons (Fsp3) is 0.333. The van der Waals surface area contributed by atoms with E-state index in [9.17, 15) is 13.2 Å². The molecule has 2 heterocycles. The van der Waals surface area contributed by atoms with Crippen LogP contribution in [-0.4, -0.2) is 24.0 Å². The van der Waals surface area contributed by atoms with Crippen LogP contribution < -0.4 is 4.72 Å². The van der Waals surface area contributed by atoms with Gasteiger partial charge in [0, 0.05) is 12.2 Å². The van der Waals surface area contributed by atoms with Crippen molar-refractivity contribution in [2.45, 2.75) is 31.7 Å². The SMILES string of the molecule is CC(=O)c1ccsc1NS(=O)(=O)c1cnn(C(C)C)c1. The van der Waals surface area contributed by atoms with Crippen molar-refractivity contribution in [2.24, 2.45) is 0 Å². The molecule has 0 fully saturated rings. The first kappa shape index (κ1) is 14.7. The molecule has 0 aromatic carbocycles. The van der Waals surface area contributed by atoms with Gasteiger partial charge in [-0.1, -0.05) is 0 Å². The number of Topliss-reactive ketones (excluding diaryl/α,β-unsaturated/α-hetero) is 1. The van der Waals surface area contributed by atoms with Crippen LogP contribution in [0, 0.1) is 0 Å². The Hall–Kier alpha value is -1.67. The summed E-state index contributed by atoms with van der Waals surface area (Å²) in [5.41, 5.74) is 0.370. The molecule has 2 rings (SSSR count). The van der Waals surface area contributed by atoms with Gasteiger partial charge in [0.1, 0.15) is 9.90 Å². The fourth-order valence-electron chi connectivity index (χ4n) is 1.59. The van der Waals surface area contributed by atoms with Crippen LogP contribution in [-0.2, 0) is 10.0 Å². The Labute approximate surface area is 121 Å². The average molecular weight is 313 g/mol. The van der Waals surface area contributed by atoms with Crippen LogP contribution in [0.25, 0.3) is 0 Å². The maximum Gasteiger partial charge on any atom is 0.265 e. The topological polar surface area (TPSA) is 81.1 Å². The molecule has 0 saturated carbocycles. The highest BCUT2D eigenvalue weighted by Gasteiger charge is 2.20. The first-order valence-electron chi connectivity index (χ1n) is 5.96. The zero-order valence-corrected chi connectivity index (χ0v) is 13.0. The predicted octanol–water partition coefficient (Wildman–Crippen LogP) is 2.53. The van der Waals surface area contributed by atoms with Crippen molar-refractivity contribution >= 4 is 32.1 Å². The fourth-order valence-corrected chi connectivity index (χ4v) is 3.69. The summed E-state index contributed by atoms with van der Waals surface area (Å²) in [6, 6.07) is 1.68. The molecule has 0 aliphatic heterocycles. The van der Waals surface area contributed by atoms with Crippen molar-refractivity contribution in [1.82, 2.24) is 9.78 Å². The lowest BCUT2D eigenvalue weighted by Gasteiger charge is -2.06. The van der Waals surface area contributed by atoms with Crippen molar-refractivity contribution in [3.63, 3.8) is 0 Å². The molecule has 8 heteroatoms. The standard InChI is InChI=1S/C12H15N3O3S2/c1-8(2)15-7-10(6-13-15)20(17,18)14-12-11(9(3)16)4-5-19-12/h4-8,14H,1-3H3. The molecule has 0 radical (unpaired) electrons. The summed E-state index contributed by atoms with van der Waals surface area (Å²) in [5.74, 6) is -0.179. The maximum atomic E-state index is 12.2. The zero-order chi connectivity index (χ0) is 14.9. The molecule has 0 bridgehead atoms. The van der Waals surface area contributed by atoms with Gasteiger partial charge in [-0.15, -0.1) is 11.3 Å². The number of nitrogens with zero attached hydrogens (tertiary/aromatic N) is 2. The van der Waals surface area contributed by atoms with Crippen molar-refractivity contribution < 1.29 is 13.2 Å². The number of carbonyl (C=O) groups is 1. The van der Waals surface area contributed by atoms with Crippen LogP contribution in [0.1, 0.15) is 37.2 Å². The second kappa shape index (κ2) is 5.37. The van der Waals surface area contributed by atoms with Crippen molar-refractivity contribution in [3.8, 4) is 0 Å². The van der Waals surface area contributed by atoms with E-state index in [1.807, 2.05) is 13.8 Å². The Morgan fingerprint density at radius 1 is 1.45 bits per heavy atom. The quantitative estimate of drug-likeness (QED) is 0.860. The Kier molecular flexibility index (Phi) is 3.96. The van der Waals surface area contributed by atoms with E-state index in [1.165, 1.54) is 30.7 Å². The molecule has 2 aromatic heterocycles. The number of carbonyl (C=O) groups excluding carboxylic acids is 1. The molecule has 0 aliphatic carbocycles. The smallest absolute Gasteiger partial charge is 0.265 e. The lowest BCUT2D eigenvalue weighted by Crippen LogP contribution is -2.13. The number of anilines is 1. The number of ketones is 1. The van der Waals surface area contributed by atoms with Crippen LogP contribution >= 0.6 is 11.3 Å². The molecule has 0 spiro atoms. The summed E-state index contributed by atoms with van der Waals surface area (Å²) >= 11 is 1.17. The van der Waals surface area contributed by atoms with E-state index < -0.39 is 10.0 Å². The number of hydrogen-bond acceptors (Lipinski definition) is 5. The number of hydrogen-bond donors (Lipinski definition) is 1. The molecule has 0 unspecified atom stereocenters. The minimum Gasteiger partial charge on any atom is -0.294 e. The Morgan fingerprint density at radius 3 is 2.70 bits per heavy atom. The Bertz CT molecular complexity index is 729. The van der Waals surface area contributed by atoms with E-state index in [4.69, 9.17) is 0 Å². The summed E-state index contributed by atoms with van der Waals surface area (Å²) in [5, 5.41) is 6.00. The monoisotopic (exact) mass is 313 g/mol. The number of nitrogens with one attached hydrogen (secondary N) is 1. The first-order valence-corrected chi connectivity index (χ1v) is 8.33. The minimum atomic E-state index is -3.73. The molecule has 0 amide bonds. The largest absolute Gasteiger partial charge is 0.294 e. The third-order valence-electron chi connectivity index (χ3n) is 2.69. The van der Waals surface area contributed by atoms with Gasteiger partial charge in [-0.05, 0) is 32.2 Å². The molecule has 20 heavy (non-hydrogen) atoms. The van der Waals surface area contributed by atoms with Crippen LogP contribution in [0.2, 0.25) is 0 Å². The van der Waals surface area contributed by atoms with Crippen LogP contribution in [0.5, 0.6) is 0 Å². The third kappa shape index (κ3) is 2.91. The van der Waals surface area contributed by atoms with Gasteiger partial charge in [0.2, 0.25) is 0 Å². The molecule has 0 atom stereocenters. The summed E-state index contributed by atoms with van der Waals surface area (Å²) in [4.78, 5) is 11.5. The highest BCUT2D eigenvalue weighted by molar-refractivity contribution is 7.93. The van der Waals surface area contributed by atoms with Gasteiger partial charge < -0.3 is 0 Å². The van der Waals surface area contributed by atoms with Crippen LogP contribution in [0.3, 0.4) is 0 Å². The highest BCUT2D eigenvalue weighted by atomic mass is 32.2. The summed E-state index contributed by atoms with van der Waals surface area (Å²) in [6.07, 6.45) is 2.76. The zero-order valence-electron chi connectivity index (χ0n) is 11.3. The number of sulfonamides is 1. The van der Waals surface area contributed by atoms with Gasteiger partial charge in [0.15, 0.2) is 5.78 Å². The van der Waals surface area contributed by atoms with Gasteiger partial charge in [0.25, 0.3) is 10.0 Å². The van der Waals surface area contributed by atoms with Gasteiger partial charge in [0.05, 0.1) is 11.8 Å². The first-order chi connectivity index (χ1) is 9.31. The molecule has 2 aromatic rings. The molecular weight excluding hydrogens is 298 g/mol. The van der Waals surface area contributed by atoms with E-state index in [2.05, 4.69) is 9.82 Å². The Balaban J connectivity index is 2.31. The molecule has 1 N–H and O–H groups in total. The second-order valence-corrected chi connectivity index (χ2v) is 7.17. The van der Waals surface area contributed by atoms with Crippen molar-refractivity contribution in [3.05, 3.63) is 29.4 Å². The summed E-state index contributed by atoms with van der Waals surface area (Å²) in [7, 11) is -3.73. The van der Waals surface area contributed by atoms with Gasteiger partial charge in [-0.2, -0.15) is 5.10 Å². The van der Waals surface area contributed by atoms with E-state index in [0.717, 1.165) is 0 Å². The summed E-state index contributed by atoms with van der Waals surface area (Å²) in [6.45, 7) is 5.21. The normalized spacial score (nSPS) is 11.8. The Morgan fingerprint density at radius 2 is 2.15 bits per heavy atom.